The van der Waals surface area contributed by atoms with Gasteiger partial charge >= 0.3 is 6.03 Å². The first-order chi connectivity index (χ1) is 11.3. The summed E-state index contributed by atoms with van der Waals surface area (Å²) < 4.78 is 5.72. The van der Waals surface area contributed by atoms with E-state index < -0.39 is 0 Å². The summed E-state index contributed by atoms with van der Waals surface area (Å²) in [7, 11) is 0. The predicted molar refractivity (Wildman–Crippen MR) is 89.0 cm³/mol. The Morgan fingerprint density at radius 2 is 2.13 bits per heavy atom. The van der Waals surface area contributed by atoms with E-state index in [0.29, 0.717) is 19.1 Å². The molecule has 1 saturated carbocycles. The molecule has 1 N–H and O–H groups in total. The Kier molecular flexibility index (Phi) is 5.86. The molecule has 5 nitrogen and oxygen atoms in total. The van der Waals surface area contributed by atoms with Crippen molar-refractivity contribution in [2.24, 2.45) is 0 Å². The third-order valence-electron chi connectivity index (χ3n) is 4.76. The van der Waals surface area contributed by atoms with Crippen LogP contribution in [0.15, 0.2) is 24.5 Å². The van der Waals surface area contributed by atoms with E-state index in [-0.39, 0.29) is 12.1 Å². The van der Waals surface area contributed by atoms with Crippen LogP contribution in [-0.4, -0.2) is 41.2 Å². The van der Waals surface area contributed by atoms with E-state index in [1.54, 1.807) is 6.20 Å². The highest BCUT2D eigenvalue weighted by Gasteiger charge is 2.25. The lowest BCUT2D eigenvalue weighted by Crippen LogP contribution is -2.47. The lowest BCUT2D eigenvalue weighted by molar-refractivity contribution is 0.0785. The van der Waals surface area contributed by atoms with Gasteiger partial charge in [-0.3, -0.25) is 4.98 Å². The highest BCUT2D eigenvalue weighted by Crippen LogP contribution is 2.19. The van der Waals surface area contributed by atoms with Crippen LogP contribution < -0.4 is 5.32 Å². The number of carbonyl (C=O) groups excluding carboxylic acids is 1. The molecular weight excluding hydrogens is 290 g/mol. The van der Waals surface area contributed by atoms with Crippen LogP contribution in [0.4, 0.5) is 4.79 Å². The van der Waals surface area contributed by atoms with Gasteiger partial charge in [0.2, 0.25) is 0 Å². The van der Waals surface area contributed by atoms with Crippen LogP contribution in [0.2, 0.25) is 0 Å². The van der Waals surface area contributed by atoms with Crippen molar-refractivity contribution >= 4 is 6.03 Å². The quantitative estimate of drug-likeness (QED) is 0.908. The first kappa shape index (κ1) is 16.2. The molecule has 0 spiro atoms. The van der Waals surface area contributed by atoms with Gasteiger partial charge in [0.05, 0.1) is 6.10 Å². The van der Waals surface area contributed by atoms with Gasteiger partial charge in [0.15, 0.2) is 0 Å². The Morgan fingerprint density at radius 1 is 1.26 bits per heavy atom. The van der Waals surface area contributed by atoms with Crippen molar-refractivity contribution in [2.45, 2.75) is 63.6 Å². The molecule has 1 aromatic rings. The van der Waals surface area contributed by atoms with E-state index in [2.05, 4.69) is 10.3 Å². The van der Waals surface area contributed by atoms with Gasteiger partial charge in [-0.05, 0) is 37.3 Å². The number of nitrogens with one attached hydrogen (secondary N) is 1. The second-order valence-electron chi connectivity index (χ2n) is 6.66. The molecule has 2 fully saturated rings. The molecule has 1 aliphatic carbocycles. The molecule has 1 saturated heterocycles. The Labute approximate surface area is 138 Å². The number of aromatic nitrogens is 1. The SMILES string of the molecule is O=C(NC1CCCCC1)N(Cc1cccnc1)C[C@@H]1CCCO1. The smallest absolute Gasteiger partial charge is 0.318 e. The molecule has 1 aromatic heterocycles. The second-order valence-corrected chi connectivity index (χ2v) is 6.66. The van der Waals surface area contributed by atoms with Crippen LogP contribution in [0, 0.1) is 0 Å². The number of carbonyl (C=O) groups is 1. The minimum Gasteiger partial charge on any atom is -0.376 e. The number of amides is 2. The van der Waals surface area contributed by atoms with Crippen molar-refractivity contribution in [2.75, 3.05) is 13.2 Å². The third-order valence-corrected chi connectivity index (χ3v) is 4.76. The zero-order chi connectivity index (χ0) is 15.9. The van der Waals surface area contributed by atoms with Crippen LogP contribution in [0.5, 0.6) is 0 Å². The molecule has 2 aliphatic rings. The molecule has 0 bridgehead atoms. The van der Waals surface area contributed by atoms with E-state index in [4.69, 9.17) is 4.74 Å². The summed E-state index contributed by atoms with van der Waals surface area (Å²) >= 11 is 0. The van der Waals surface area contributed by atoms with Gasteiger partial charge in [-0.15, -0.1) is 0 Å². The van der Waals surface area contributed by atoms with Crippen molar-refractivity contribution in [1.29, 1.82) is 0 Å². The first-order valence-corrected chi connectivity index (χ1v) is 8.87. The molecular formula is C18H27N3O2. The van der Waals surface area contributed by atoms with E-state index in [1.165, 1.54) is 19.3 Å². The maximum absolute atomic E-state index is 12.7. The van der Waals surface area contributed by atoms with Gasteiger partial charge in [0.25, 0.3) is 0 Å². The first-order valence-electron chi connectivity index (χ1n) is 8.87. The van der Waals surface area contributed by atoms with Gasteiger partial charge in [0.1, 0.15) is 0 Å². The fraction of sp³-hybridized carbons (Fsp3) is 0.667. The van der Waals surface area contributed by atoms with Crippen LogP contribution in [0.25, 0.3) is 0 Å². The minimum atomic E-state index is 0.0382. The predicted octanol–water partition coefficient (Wildman–Crippen LogP) is 3.10. The molecule has 23 heavy (non-hydrogen) atoms. The summed E-state index contributed by atoms with van der Waals surface area (Å²) in [6.07, 6.45) is 11.8. The molecule has 1 aliphatic heterocycles. The number of nitrogens with zero attached hydrogens (tertiary/aromatic N) is 2. The number of hydrogen-bond donors (Lipinski definition) is 1. The Hall–Kier alpha value is -1.62. The monoisotopic (exact) mass is 317 g/mol. The standard InChI is InChI=1S/C18H27N3O2/c22-18(20-16-7-2-1-3-8-16)21(14-17-9-5-11-23-17)13-15-6-4-10-19-12-15/h4,6,10,12,16-17H,1-3,5,7-9,11,13-14H2,(H,20,22)/t17-/m0/s1. The van der Waals surface area contributed by atoms with Crippen molar-refractivity contribution < 1.29 is 9.53 Å². The number of ether oxygens (including phenoxy) is 1. The third kappa shape index (κ3) is 4.93. The second kappa shape index (κ2) is 8.29. The lowest BCUT2D eigenvalue weighted by Gasteiger charge is -2.29. The topological polar surface area (TPSA) is 54.5 Å². The van der Waals surface area contributed by atoms with Crippen LogP contribution in [-0.2, 0) is 11.3 Å². The number of urea groups is 1. The van der Waals surface area contributed by atoms with Crippen molar-refractivity contribution in [3.05, 3.63) is 30.1 Å². The molecule has 3 rings (SSSR count). The van der Waals surface area contributed by atoms with E-state index >= 15 is 0 Å². The Bertz CT molecular complexity index is 482. The van der Waals surface area contributed by atoms with Crippen molar-refractivity contribution in [3.8, 4) is 0 Å². The molecule has 0 unspecified atom stereocenters. The fourth-order valence-electron chi connectivity index (χ4n) is 3.48. The number of pyridine rings is 1. The number of rotatable bonds is 5. The van der Waals surface area contributed by atoms with Crippen molar-refractivity contribution in [3.63, 3.8) is 0 Å². The van der Waals surface area contributed by atoms with Gasteiger partial charge in [0, 0.05) is 38.1 Å². The highest BCUT2D eigenvalue weighted by molar-refractivity contribution is 5.74. The van der Waals surface area contributed by atoms with Gasteiger partial charge in [-0.1, -0.05) is 25.3 Å². The van der Waals surface area contributed by atoms with Crippen LogP contribution in [0.3, 0.4) is 0 Å². The average Bonchev–Trinajstić information content (AvgIpc) is 3.09. The summed E-state index contributed by atoms with van der Waals surface area (Å²) in [4.78, 5) is 18.8. The summed E-state index contributed by atoms with van der Waals surface area (Å²) in [5, 5.41) is 3.22. The van der Waals surface area contributed by atoms with Crippen molar-refractivity contribution in [1.82, 2.24) is 15.2 Å². The van der Waals surface area contributed by atoms with Crippen LogP contribution >= 0.6 is 0 Å². The van der Waals surface area contributed by atoms with Gasteiger partial charge in [-0.2, -0.15) is 0 Å². The summed E-state index contributed by atoms with van der Waals surface area (Å²) in [6, 6.07) is 4.30. The summed E-state index contributed by atoms with van der Waals surface area (Å²) in [5.74, 6) is 0. The zero-order valence-corrected chi connectivity index (χ0v) is 13.7. The summed E-state index contributed by atoms with van der Waals surface area (Å²) in [5.41, 5.74) is 1.06. The largest absolute Gasteiger partial charge is 0.376 e. The summed E-state index contributed by atoms with van der Waals surface area (Å²) in [6.45, 7) is 2.06. The van der Waals surface area contributed by atoms with Gasteiger partial charge < -0.3 is 15.0 Å². The maximum atomic E-state index is 12.7. The highest BCUT2D eigenvalue weighted by atomic mass is 16.5. The van der Waals surface area contributed by atoms with E-state index in [9.17, 15) is 4.79 Å². The Morgan fingerprint density at radius 3 is 2.83 bits per heavy atom. The maximum Gasteiger partial charge on any atom is 0.318 e. The molecule has 2 amide bonds. The molecule has 1 atom stereocenters. The zero-order valence-electron chi connectivity index (χ0n) is 13.7. The van der Waals surface area contributed by atoms with E-state index in [1.807, 2.05) is 23.2 Å². The van der Waals surface area contributed by atoms with E-state index in [0.717, 1.165) is 37.9 Å². The Balaban J connectivity index is 1.61. The molecule has 5 heteroatoms. The minimum absolute atomic E-state index is 0.0382. The van der Waals surface area contributed by atoms with Gasteiger partial charge in [-0.25, -0.2) is 4.79 Å². The normalized spacial score (nSPS) is 22.0. The fourth-order valence-corrected chi connectivity index (χ4v) is 3.48. The molecule has 0 radical (unpaired) electrons. The average molecular weight is 317 g/mol. The van der Waals surface area contributed by atoms with Crippen LogP contribution in [0.1, 0.15) is 50.5 Å². The molecule has 2 heterocycles. The number of hydrogen-bond acceptors (Lipinski definition) is 3. The molecule has 0 aromatic carbocycles. The lowest BCUT2D eigenvalue weighted by atomic mass is 9.96. The molecule has 126 valence electrons.